The summed E-state index contributed by atoms with van der Waals surface area (Å²) in [6.45, 7) is 0. The minimum absolute atomic E-state index is 0. The fraction of sp³-hybridized carbons (Fsp3) is 0.300. The summed E-state index contributed by atoms with van der Waals surface area (Å²) in [6.07, 6.45) is -4.63. The second-order valence-corrected chi connectivity index (χ2v) is 3.61. The summed E-state index contributed by atoms with van der Waals surface area (Å²) >= 11 is 5.64. The molecule has 2 N–H and O–H groups in total. The summed E-state index contributed by atoms with van der Waals surface area (Å²) in [5.41, 5.74) is 3.87. The van der Waals surface area contributed by atoms with E-state index in [4.69, 9.17) is 17.3 Å². The van der Waals surface area contributed by atoms with Gasteiger partial charge in [0, 0.05) is 10.6 Å². The molecule has 102 valence electrons. The SMILES string of the molecule is COC(=O)[C@H](N)c1c(Cl)cccc1C(F)(F)F.Cl. The first-order chi connectivity index (χ1) is 7.79. The fourth-order valence-electron chi connectivity index (χ4n) is 1.35. The molecule has 0 aromatic heterocycles. The second kappa shape index (κ2) is 6.26. The van der Waals surface area contributed by atoms with E-state index in [1.807, 2.05) is 0 Å². The Balaban J connectivity index is 0.00000289. The van der Waals surface area contributed by atoms with Crippen LogP contribution in [-0.2, 0) is 15.7 Å². The summed E-state index contributed by atoms with van der Waals surface area (Å²) in [5, 5.41) is -0.224. The molecule has 8 heteroatoms. The van der Waals surface area contributed by atoms with Crippen molar-refractivity contribution in [3.8, 4) is 0 Å². The smallest absolute Gasteiger partial charge is 0.416 e. The largest absolute Gasteiger partial charge is 0.468 e. The molecule has 0 saturated heterocycles. The zero-order valence-electron chi connectivity index (χ0n) is 9.12. The molecule has 0 saturated carbocycles. The minimum Gasteiger partial charge on any atom is -0.468 e. The van der Waals surface area contributed by atoms with Gasteiger partial charge in [-0.25, -0.2) is 0 Å². The zero-order chi connectivity index (χ0) is 13.2. The van der Waals surface area contributed by atoms with Crippen LogP contribution in [0.5, 0.6) is 0 Å². The highest BCUT2D eigenvalue weighted by Gasteiger charge is 2.37. The average Bonchev–Trinajstić information content (AvgIpc) is 2.25. The first-order valence-electron chi connectivity index (χ1n) is 4.48. The van der Waals surface area contributed by atoms with Crippen LogP contribution in [0.4, 0.5) is 13.2 Å². The number of ether oxygens (including phenoxy) is 1. The number of benzene rings is 1. The van der Waals surface area contributed by atoms with Crippen LogP contribution in [0.25, 0.3) is 0 Å². The molecule has 1 aromatic carbocycles. The van der Waals surface area contributed by atoms with Gasteiger partial charge in [-0.1, -0.05) is 17.7 Å². The molecule has 0 aliphatic carbocycles. The van der Waals surface area contributed by atoms with Crippen LogP contribution in [0.1, 0.15) is 17.2 Å². The molecule has 0 aliphatic rings. The van der Waals surface area contributed by atoms with Crippen LogP contribution in [0.15, 0.2) is 18.2 Å². The van der Waals surface area contributed by atoms with Crippen molar-refractivity contribution in [3.05, 3.63) is 34.3 Å². The molecule has 0 aliphatic heterocycles. The lowest BCUT2D eigenvalue weighted by molar-refractivity contribution is -0.144. The number of hydrogen-bond donors (Lipinski definition) is 1. The quantitative estimate of drug-likeness (QED) is 0.855. The molecule has 0 bridgehead atoms. The normalized spacial score (nSPS) is 12.6. The van der Waals surface area contributed by atoms with Crippen molar-refractivity contribution >= 4 is 30.0 Å². The molecule has 1 aromatic rings. The van der Waals surface area contributed by atoms with Gasteiger partial charge in [-0.3, -0.25) is 4.79 Å². The molecule has 0 spiro atoms. The first-order valence-corrected chi connectivity index (χ1v) is 4.86. The molecule has 0 heterocycles. The van der Waals surface area contributed by atoms with Gasteiger partial charge < -0.3 is 10.5 Å². The third-order valence-corrected chi connectivity index (χ3v) is 2.45. The summed E-state index contributed by atoms with van der Waals surface area (Å²) in [4.78, 5) is 11.2. The Bertz CT molecular complexity index is 438. The molecule has 1 atom stereocenters. The van der Waals surface area contributed by atoms with E-state index in [0.29, 0.717) is 0 Å². The molecule has 18 heavy (non-hydrogen) atoms. The number of carbonyl (C=O) groups excluding carboxylic acids is 1. The van der Waals surface area contributed by atoms with E-state index in [1.54, 1.807) is 0 Å². The van der Waals surface area contributed by atoms with Crippen molar-refractivity contribution in [3.63, 3.8) is 0 Å². The van der Waals surface area contributed by atoms with Gasteiger partial charge >= 0.3 is 12.1 Å². The molecule has 0 fully saturated rings. The van der Waals surface area contributed by atoms with Crippen molar-refractivity contribution in [2.24, 2.45) is 5.73 Å². The molecule has 1 rings (SSSR count). The van der Waals surface area contributed by atoms with Crippen LogP contribution in [-0.4, -0.2) is 13.1 Å². The number of rotatable bonds is 2. The van der Waals surface area contributed by atoms with Crippen molar-refractivity contribution in [2.75, 3.05) is 7.11 Å². The number of carbonyl (C=O) groups is 1. The average molecular weight is 304 g/mol. The van der Waals surface area contributed by atoms with Crippen molar-refractivity contribution in [1.29, 1.82) is 0 Å². The first kappa shape index (κ1) is 17.0. The Morgan fingerprint density at radius 2 is 2.00 bits per heavy atom. The Hall–Kier alpha value is -0.980. The maximum absolute atomic E-state index is 12.7. The summed E-state index contributed by atoms with van der Waals surface area (Å²) in [6, 6.07) is 1.61. The van der Waals surface area contributed by atoms with E-state index in [0.717, 1.165) is 19.2 Å². The Kier molecular flexibility index (Phi) is 5.92. The summed E-state index contributed by atoms with van der Waals surface area (Å²) < 4.78 is 42.4. The van der Waals surface area contributed by atoms with E-state index in [9.17, 15) is 18.0 Å². The van der Waals surface area contributed by atoms with Crippen molar-refractivity contribution < 1.29 is 22.7 Å². The Labute approximate surface area is 112 Å². The monoisotopic (exact) mass is 303 g/mol. The van der Waals surface area contributed by atoms with Crippen LogP contribution in [0, 0.1) is 0 Å². The van der Waals surface area contributed by atoms with Gasteiger partial charge in [-0.15, -0.1) is 12.4 Å². The minimum atomic E-state index is -4.63. The van der Waals surface area contributed by atoms with Crippen LogP contribution in [0.3, 0.4) is 0 Å². The number of alkyl halides is 3. The molecular weight excluding hydrogens is 294 g/mol. The van der Waals surface area contributed by atoms with Gasteiger partial charge in [-0.2, -0.15) is 13.2 Å². The molecule has 0 unspecified atom stereocenters. The maximum Gasteiger partial charge on any atom is 0.416 e. The fourth-order valence-corrected chi connectivity index (χ4v) is 1.64. The third-order valence-electron chi connectivity index (χ3n) is 2.12. The van der Waals surface area contributed by atoms with Gasteiger partial charge in [0.1, 0.15) is 6.04 Å². The van der Waals surface area contributed by atoms with Crippen LogP contribution < -0.4 is 5.73 Å². The molecular formula is C10H10Cl2F3NO2. The van der Waals surface area contributed by atoms with Crippen LogP contribution in [0.2, 0.25) is 5.02 Å². The number of nitrogens with two attached hydrogens (primary N) is 1. The number of esters is 1. The highest BCUT2D eigenvalue weighted by Crippen LogP contribution is 2.37. The van der Waals surface area contributed by atoms with Gasteiger partial charge in [0.25, 0.3) is 0 Å². The lowest BCUT2D eigenvalue weighted by Gasteiger charge is -2.17. The lowest BCUT2D eigenvalue weighted by Crippen LogP contribution is -2.26. The third kappa shape index (κ3) is 3.51. The molecule has 0 amide bonds. The molecule has 0 radical (unpaired) electrons. The van der Waals surface area contributed by atoms with E-state index in [2.05, 4.69) is 4.74 Å². The van der Waals surface area contributed by atoms with Crippen molar-refractivity contribution in [1.82, 2.24) is 0 Å². The summed E-state index contributed by atoms with van der Waals surface area (Å²) in [5.74, 6) is -0.983. The van der Waals surface area contributed by atoms with E-state index >= 15 is 0 Å². The second-order valence-electron chi connectivity index (χ2n) is 3.20. The number of hydrogen-bond acceptors (Lipinski definition) is 3. The van der Waals surface area contributed by atoms with Gasteiger partial charge in [0.15, 0.2) is 0 Å². The Morgan fingerprint density at radius 3 is 2.44 bits per heavy atom. The highest BCUT2D eigenvalue weighted by molar-refractivity contribution is 6.31. The zero-order valence-corrected chi connectivity index (χ0v) is 10.7. The maximum atomic E-state index is 12.7. The predicted octanol–water partition coefficient (Wildman–Crippen LogP) is 2.95. The topological polar surface area (TPSA) is 52.3 Å². The van der Waals surface area contributed by atoms with E-state index < -0.39 is 29.3 Å². The predicted molar refractivity (Wildman–Crippen MR) is 62.6 cm³/mol. The standard InChI is InChI=1S/C10H9ClF3NO2.ClH/c1-17-9(16)8(15)7-5(10(12,13)14)3-2-4-6(7)11;/h2-4,8H,15H2,1H3;1H/t8-;/m1./s1. The number of methoxy groups -OCH3 is 1. The van der Waals surface area contributed by atoms with Crippen LogP contribution >= 0.6 is 24.0 Å². The van der Waals surface area contributed by atoms with Gasteiger partial charge in [-0.05, 0) is 12.1 Å². The number of halogens is 5. The van der Waals surface area contributed by atoms with E-state index in [-0.39, 0.29) is 17.4 Å². The van der Waals surface area contributed by atoms with Gasteiger partial charge in [0.05, 0.1) is 12.7 Å². The summed E-state index contributed by atoms with van der Waals surface area (Å²) in [7, 11) is 1.03. The lowest BCUT2D eigenvalue weighted by atomic mass is 10.0. The van der Waals surface area contributed by atoms with Crippen molar-refractivity contribution in [2.45, 2.75) is 12.2 Å². The highest BCUT2D eigenvalue weighted by atomic mass is 35.5. The Morgan fingerprint density at radius 1 is 1.44 bits per heavy atom. The molecule has 3 nitrogen and oxygen atoms in total. The van der Waals surface area contributed by atoms with Gasteiger partial charge in [0.2, 0.25) is 0 Å². The van der Waals surface area contributed by atoms with E-state index in [1.165, 1.54) is 6.07 Å².